The van der Waals surface area contributed by atoms with Crippen molar-refractivity contribution < 1.29 is 18.7 Å². The number of hydrogen-bond donors (Lipinski definition) is 2. The molecule has 10 heteroatoms. The molecule has 6 rings (SSSR count). The van der Waals surface area contributed by atoms with E-state index in [1.165, 1.54) is 12.3 Å². The Bertz CT molecular complexity index is 1840. The van der Waals surface area contributed by atoms with Gasteiger partial charge < -0.3 is 29.9 Å². The van der Waals surface area contributed by atoms with Gasteiger partial charge in [0, 0.05) is 43.8 Å². The van der Waals surface area contributed by atoms with Crippen LogP contribution in [0.5, 0.6) is 17.4 Å². The quantitative estimate of drug-likeness (QED) is 0.165. The molecule has 2 N–H and O–H groups in total. The third kappa shape index (κ3) is 7.67. The van der Waals surface area contributed by atoms with E-state index in [0.717, 1.165) is 42.9 Å². The highest BCUT2D eigenvalue weighted by Gasteiger charge is 2.21. The number of halogens is 1. The smallest absolute Gasteiger partial charge is 0.262 e. The van der Waals surface area contributed by atoms with E-state index in [2.05, 4.69) is 32.5 Å². The van der Waals surface area contributed by atoms with Crippen LogP contribution in [0.15, 0.2) is 97.2 Å². The molecule has 1 saturated heterocycles. The molecule has 1 aliphatic heterocycles. The molecule has 5 aromatic rings. The van der Waals surface area contributed by atoms with Crippen molar-refractivity contribution in [1.82, 2.24) is 14.9 Å². The average Bonchev–Trinajstić information content (AvgIpc) is 3.07. The van der Waals surface area contributed by atoms with Gasteiger partial charge in [0.2, 0.25) is 11.8 Å². The maximum absolute atomic E-state index is 15.3. The molecule has 0 spiro atoms. The van der Waals surface area contributed by atoms with Crippen LogP contribution in [0.1, 0.15) is 27.0 Å². The molecule has 240 valence electrons. The van der Waals surface area contributed by atoms with Crippen LogP contribution in [-0.2, 0) is 6.61 Å². The van der Waals surface area contributed by atoms with Gasteiger partial charge in [-0.2, -0.15) is 4.98 Å². The number of anilines is 4. The number of nitrogens with zero attached hydrogens (tertiary/aromatic N) is 4. The number of ether oxygens (including phenoxy) is 2. The minimum atomic E-state index is -0.436. The SMILES string of the molecule is Cc1cccc(C)c1NC(=O)c1cnc(Nc2ccc(N3CCN(C)CC3)c(F)c2)nc1Oc1ccccc1OCc1ccccc1. The standard InChI is InChI=1S/C37H37FN6O3/c1-25-10-9-11-26(2)34(25)41-35(45)29-23-39-37(40-28-16-17-31(30(38)22-28)44-20-18-43(3)19-21-44)42-36(29)47-33-15-8-7-14-32(33)46-24-27-12-5-4-6-13-27/h4-17,22-23H,18-21,24H2,1-3H3,(H,41,45)(H,39,40,42). The number of piperazine rings is 1. The van der Waals surface area contributed by atoms with Gasteiger partial charge in [0.05, 0.1) is 5.69 Å². The Kier molecular flexibility index (Phi) is 9.59. The first-order chi connectivity index (χ1) is 22.8. The van der Waals surface area contributed by atoms with E-state index in [9.17, 15) is 4.79 Å². The summed E-state index contributed by atoms with van der Waals surface area (Å²) < 4.78 is 27.6. The summed E-state index contributed by atoms with van der Waals surface area (Å²) in [6.07, 6.45) is 1.40. The average molecular weight is 633 g/mol. The molecule has 1 amide bonds. The maximum Gasteiger partial charge on any atom is 0.262 e. The molecule has 1 aromatic heterocycles. The summed E-state index contributed by atoms with van der Waals surface area (Å²) in [4.78, 5) is 26.9. The number of amides is 1. The molecule has 0 atom stereocenters. The van der Waals surface area contributed by atoms with Crippen molar-refractivity contribution in [1.29, 1.82) is 0 Å². The van der Waals surface area contributed by atoms with E-state index in [-0.39, 0.29) is 23.2 Å². The summed E-state index contributed by atoms with van der Waals surface area (Å²) in [7, 11) is 2.06. The minimum absolute atomic E-state index is 0.0107. The molecule has 0 unspecified atom stereocenters. The Morgan fingerprint density at radius 3 is 2.30 bits per heavy atom. The van der Waals surface area contributed by atoms with Crippen LogP contribution in [0.4, 0.5) is 27.4 Å². The second kappa shape index (κ2) is 14.3. The van der Waals surface area contributed by atoms with Gasteiger partial charge in [-0.15, -0.1) is 0 Å². The van der Waals surface area contributed by atoms with Crippen molar-refractivity contribution in [2.24, 2.45) is 0 Å². The number of aryl methyl sites for hydroxylation is 2. The fraction of sp³-hybridized carbons (Fsp3) is 0.216. The highest BCUT2D eigenvalue weighted by Crippen LogP contribution is 2.34. The molecule has 1 fully saturated rings. The predicted molar refractivity (Wildman–Crippen MR) is 183 cm³/mol. The Hall–Kier alpha value is -5.48. The molecule has 0 aliphatic carbocycles. The molecule has 0 saturated carbocycles. The second-order valence-corrected chi connectivity index (χ2v) is 11.5. The number of rotatable bonds is 10. The largest absolute Gasteiger partial charge is 0.485 e. The highest BCUT2D eigenvalue weighted by molar-refractivity contribution is 6.06. The molecule has 4 aromatic carbocycles. The van der Waals surface area contributed by atoms with Crippen molar-refractivity contribution in [2.75, 3.05) is 48.8 Å². The summed E-state index contributed by atoms with van der Waals surface area (Å²) in [6.45, 7) is 7.45. The van der Waals surface area contributed by atoms with E-state index < -0.39 is 5.91 Å². The van der Waals surface area contributed by atoms with Crippen LogP contribution in [0.2, 0.25) is 0 Å². The third-order valence-electron chi connectivity index (χ3n) is 8.06. The monoisotopic (exact) mass is 632 g/mol. The lowest BCUT2D eigenvalue weighted by molar-refractivity contribution is 0.102. The van der Waals surface area contributed by atoms with Gasteiger partial charge in [-0.1, -0.05) is 60.7 Å². The summed E-state index contributed by atoms with van der Waals surface area (Å²) in [6, 6.07) is 27.7. The fourth-order valence-electron chi connectivity index (χ4n) is 5.36. The van der Waals surface area contributed by atoms with E-state index in [4.69, 9.17) is 9.47 Å². The number of carbonyl (C=O) groups is 1. The lowest BCUT2D eigenvalue weighted by Gasteiger charge is -2.34. The second-order valence-electron chi connectivity index (χ2n) is 11.5. The van der Waals surface area contributed by atoms with Crippen LogP contribution < -0.4 is 25.0 Å². The number of para-hydroxylation sites is 3. The zero-order valence-electron chi connectivity index (χ0n) is 26.7. The van der Waals surface area contributed by atoms with Crippen molar-refractivity contribution >= 4 is 28.9 Å². The van der Waals surface area contributed by atoms with E-state index >= 15 is 4.39 Å². The van der Waals surface area contributed by atoms with Gasteiger partial charge in [0.25, 0.3) is 5.91 Å². The maximum atomic E-state index is 15.3. The van der Waals surface area contributed by atoms with Gasteiger partial charge in [-0.25, -0.2) is 9.37 Å². The summed E-state index contributed by atoms with van der Waals surface area (Å²) >= 11 is 0. The van der Waals surface area contributed by atoms with Crippen molar-refractivity contribution in [3.05, 3.63) is 125 Å². The number of aromatic nitrogens is 2. The Morgan fingerprint density at radius 2 is 1.57 bits per heavy atom. The molecule has 9 nitrogen and oxygen atoms in total. The number of likely N-dealkylation sites (N-methyl/N-ethyl adjacent to an activating group) is 1. The van der Waals surface area contributed by atoms with Gasteiger partial charge in [-0.05, 0) is 67.9 Å². The molecule has 2 heterocycles. The van der Waals surface area contributed by atoms with E-state index in [1.54, 1.807) is 24.3 Å². The Morgan fingerprint density at radius 1 is 0.872 bits per heavy atom. The molecule has 0 radical (unpaired) electrons. The highest BCUT2D eigenvalue weighted by atomic mass is 19.1. The first kappa shape index (κ1) is 31.5. The van der Waals surface area contributed by atoms with Gasteiger partial charge >= 0.3 is 0 Å². The lowest BCUT2D eigenvalue weighted by atomic mass is 10.1. The first-order valence-corrected chi connectivity index (χ1v) is 15.5. The molecular formula is C37H37FN6O3. The van der Waals surface area contributed by atoms with Crippen LogP contribution in [0, 0.1) is 19.7 Å². The van der Waals surface area contributed by atoms with Crippen LogP contribution in [0.3, 0.4) is 0 Å². The zero-order chi connectivity index (χ0) is 32.8. The summed E-state index contributed by atoms with van der Waals surface area (Å²) in [5, 5.41) is 6.06. The Balaban J connectivity index is 1.28. The Labute approximate surface area is 274 Å². The van der Waals surface area contributed by atoms with Crippen molar-refractivity contribution in [2.45, 2.75) is 20.5 Å². The van der Waals surface area contributed by atoms with Crippen molar-refractivity contribution in [3.63, 3.8) is 0 Å². The van der Waals surface area contributed by atoms with Crippen LogP contribution >= 0.6 is 0 Å². The van der Waals surface area contributed by atoms with Crippen molar-refractivity contribution in [3.8, 4) is 17.4 Å². The first-order valence-electron chi connectivity index (χ1n) is 15.5. The van der Waals surface area contributed by atoms with E-state index in [0.29, 0.717) is 35.2 Å². The third-order valence-corrected chi connectivity index (χ3v) is 8.06. The molecule has 0 bridgehead atoms. The van der Waals surface area contributed by atoms with Gasteiger partial charge in [0.15, 0.2) is 11.5 Å². The zero-order valence-corrected chi connectivity index (χ0v) is 26.7. The van der Waals surface area contributed by atoms with Crippen LogP contribution in [-0.4, -0.2) is 54.0 Å². The fourth-order valence-corrected chi connectivity index (χ4v) is 5.36. The lowest BCUT2D eigenvalue weighted by Crippen LogP contribution is -2.44. The number of nitrogens with one attached hydrogen (secondary N) is 2. The summed E-state index contributed by atoms with van der Waals surface area (Å²) in [5.41, 5.74) is 4.67. The number of hydrogen-bond acceptors (Lipinski definition) is 8. The topological polar surface area (TPSA) is 91.9 Å². The van der Waals surface area contributed by atoms with Gasteiger partial charge in [-0.3, -0.25) is 4.79 Å². The summed E-state index contributed by atoms with van der Waals surface area (Å²) in [5.74, 6) is 0.220. The molecule has 1 aliphatic rings. The minimum Gasteiger partial charge on any atom is -0.485 e. The normalized spacial score (nSPS) is 13.2. The molecule has 47 heavy (non-hydrogen) atoms. The van der Waals surface area contributed by atoms with Crippen LogP contribution in [0.25, 0.3) is 0 Å². The van der Waals surface area contributed by atoms with Gasteiger partial charge in [0.1, 0.15) is 18.0 Å². The molecular weight excluding hydrogens is 595 g/mol. The number of benzene rings is 4. The predicted octanol–water partition coefficient (Wildman–Crippen LogP) is 7.35. The number of carbonyl (C=O) groups excluding carboxylic acids is 1. The van der Waals surface area contributed by atoms with E-state index in [1.807, 2.05) is 79.4 Å².